The second kappa shape index (κ2) is 5.70. The highest BCUT2D eigenvalue weighted by atomic mass is 16.1. The number of nitrogens with one attached hydrogen (secondary N) is 1. The molecule has 0 bridgehead atoms. The predicted molar refractivity (Wildman–Crippen MR) is 83.6 cm³/mol. The van der Waals surface area contributed by atoms with Crippen LogP contribution in [0.15, 0.2) is 60.7 Å². The third kappa shape index (κ3) is 2.45. The third-order valence-corrected chi connectivity index (χ3v) is 4.41. The third-order valence-electron chi connectivity index (χ3n) is 4.41. The topological polar surface area (TPSA) is 55.1 Å². The maximum Gasteiger partial charge on any atom is 0.217 e. The molecule has 1 fully saturated rings. The minimum atomic E-state index is -0.322. The van der Waals surface area contributed by atoms with E-state index in [9.17, 15) is 4.79 Å². The van der Waals surface area contributed by atoms with Crippen LogP contribution < -0.4 is 11.1 Å². The van der Waals surface area contributed by atoms with Crippen molar-refractivity contribution in [3.05, 3.63) is 71.8 Å². The Kier molecular flexibility index (Phi) is 3.76. The van der Waals surface area contributed by atoms with Gasteiger partial charge in [0.2, 0.25) is 5.91 Å². The van der Waals surface area contributed by atoms with Gasteiger partial charge in [0.15, 0.2) is 0 Å². The SMILES string of the molecule is NC(=O)CC1CCNC1(c1ccccc1)c1ccccc1. The molecule has 2 aromatic rings. The Morgan fingerprint density at radius 3 is 2.05 bits per heavy atom. The van der Waals surface area contributed by atoms with E-state index in [-0.39, 0.29) is 17.4 Å². The van der Waals surface area contributed by atoms with Crippen molar-refractivity contribution in [1.29, 1.82) is 0 Å². The van der Waals surface area contributed by atoms with Crippen LogP contribution in [0, 0.1) is 5.92 Å². The van der Waals surface area contributed by atoms with Crippen molar-refractivity contribution >= 4 is 5.91 Å². The summed E-state index contributed by atoms with van der Waals surface area (Å²) >= 11 is 0. The summed E-state index contributed by atoms with van der Waals surface area (Å²) in [6.07, 6.45) is 1.35. The van der Waals surface area contributed by atoms with Gasteiger partial charge in [-0.05, 0) is 30.0 Å². The molecule has 1 aliphatic rings. The number of primary amides is 1. The van der Waals surface area contributed by atoms with Crippen LogP contribution in [0.25, 0.3) is 0 Å². The highest BCUT2D eigenvalue weighted by Gasteiger charge is 2.45. The number of carbonyl (C=O) groups excluding carboxylic acids is 1. The van der Waals surface area contributed by atoms with E-state index in [1.54, 1.807) is 0 Å². The van der Waals surface area contributed by atoms with E-state index < -0.39 is 0 Å². The summed E-state index contributed by atoms with van der Waals surface area (Å²) in [4.78, 5) is 11.5. The molecule has 1 amide bonds. The molecule has 0 saturated carbocycles. The van der Waals surface area contributed by atoms with E-state index in [1.807, 2.05) is 36.4 Å². The number of nitrogens with two attached hydrogens (primary N) is 1. The second-order valence-corrected chi connectivity index (χ2v) is 5.62. The van der Waals surface area contributed by atoms with E-state index in [1.165, 1.54) is 11.1 Å². The number of hydrogen-bond donors (Lipinski definition) is 2. The van der Waals surface area contributed by atoms with Crippen LogP contribution in [0.4, 0.5) is 0 Å². The fourth-order valence-corrected chi connectivity index (χ4v) is 3.55. The predicted octanol–water partition coefficient (Wildman–Crippen LogP) is 2.42. The second-order valence-electron chi connectivity index (χ2n) is 5.62. The zero-order valence-electron chi connectivity index (χ0n) is 12.0. The molecule has 1 saturated heterocycles. The average Bonchev–Trinajstić information content (AvgIpc) is 2.93. The van der Waals surface area contributed by atoms with Gasteiger partial charge in [0, 0.05) is 6.42 Å². The van der Waals surface area contributed by atoms with Crippen LogP contribution in [0.3, 0.4) is 0 Å². The summed E-state index contributed by atoms with van der Waals surface area (Å²) in [5.41, 5.74) is 7.55. The van der Waals surface area contributed by atoms with E-state index in [0.717, 1.165) is 13.0 Å². The van der Waals surface area contributed by atoms with Gasteiger partial charge in [0.1, 0.15) is 0 Å². The van der Waals surface area contributed by atoms with E-state index in [2.05, 4.69) is 29.6 Å². The summed E-state index contributed by atoms with van der Waals surface area (Å²) < 4.78 is 0. The quantitative estimate of drug-likeness (QED) is 0.903. The van der Waals surface area contributed by atoms with Crippen molar-refractivity contribution in [1.82, 2.24) is 5.32 Å². The first-order chi connectivity index (χ1) is 10.2. The lowest BCUT2D eigenvalue weighted by Gasteiger charge is -2.36. The van der Waals surface area contributed by atoms with Crippen molar-refractivity contribution in [2.75, 3.05) is 6.54 Å². The number of rotatable bonds is 4. The molecule has 1 heterocycles. The summed E-state index contributed by atoms with van der Waals surface area (Å²) in [6.45, 7) is 0.891. The lowest BCUT2D eigenvalue weighted by atomic mass is 9.73. The monoisotopic (exact) mass is 280 g/mol. The molecule has 1 unspecified atom stereocenters. The molecule has 1 atom stereocenters. The van der Waals surface area contributed by atoms with Crippen LogP contribution in [0.1, 0.15) is 24.0 Å². The number of carbonyl (C=O) groups is 1. The van der Waals surface area contributed by atoms with Crippen molar-refractivity contribution < 1.29 is 4.79 Å². The Balaban J connectivity index is 2.13. The van der Waals surface area contributed by atoms with Gasteiger partial charge in [-0.1, -0.05) is 60.7 Å². The molecule has 0 spiro atoms. The van der Waals surface area contributed by atoms with Crippen LogP contribution in [-0.2, 0) is 10.3 Å². The standard InChI is InChI=1S/C18H20N2O/c19-17(21)13-16-11-12-20-18(16,14-7-3-1-4-8-14)15-9-5-2-6-10-15/h1-10,16,20H,11-13H2,(H2,19,21). The highest BCUT2D eigenvalue weighted by molar-refractivity contribution is 5.74. The van der Waals surface area contributed by atoms with Gasteiger partial charge in [0.25, 0.3) is 0 Å². The summed E-state index contributed by atoms with van der Waals surface area (Å²) in [7, 11) is 0. The smallest absolute Gasteiger partial charge is 0.217 e. The first kappa shape index (κ1) is 13.8. The number of hydrogen-bond acceptors (Lipinski definition) is 2. The maximum atomic E-state index is 11.5. The molecule has 2 aromatic carbocycles. The molecule has 0 aliphatic carbocycles. The summed E-state index contributed by atoms with van der Waals surface area (Å²) in [5.74, 6) is -0.0558. The molecule has 21 heavy (non-hydrogen) atoms. The van der Waals surface area contributed by atoms with E-state index in [0.29, 0.717) is 6.42 Å². The average molecular weight is 280 g/mol. The minimum Gasteiger partial charge on any atom is -0.370 e. The van der Waals surface area contributed by atoms with Gasteiger partial charge in [-0.2, -0.15) is 0 Å². The normalized spacial score (nSPS) is 20.3. The van der Waals surface area contributed by atoms with Crippen LogP contribution >= 0.6 is 0 Å². The van der Waals surface area contributed by atoms with Gasteiger partial charge in [-0.3, -0.25) is 4.79 Å². The molecule has 3 heteroatoms. The Bertz CT molecular complexity index is 570. The lowest BCUT2D eigenvalue weighted by Crippen LogP contribution is -2.44. The first-order valence-electron chi connectivity index (χ1n) is 7.38. The molecular formula is C18H20N2O. The summed E-state index contributed by atoms with van der Waals surface area (Å²) in [6, 6.07) is 20.7. The van der Waals surface area contributed by atoms with Gasteiger partial charge in [-0.15, -0.1) is 0 Å². The van der Waals surface area contributed by atoms with Crippen molar-refractivity contribution in [3.63, 3.8) is 0 Å². The summed E-state index contributed by atoms with van der Waals surface area (Å²) in [5, 5.41) is 3.65. The van der Waals surface area contributed by atoms with Gasteiger partial charge < -0.3 is 11.1 Å². The minimum absolute atomic E-state index is 0.180. The fourth-order valence-electron chi connectivity index (χ4n) is 3.55. The van der Waals surface area contributed by atoms with E-state index >= 15 is 0 Å². The van der Waals surface area contributed by atoms with Crippen molar-refractivity contribution in [2.24, 2.45) is 11.7 Å². The molecule has 0 radical (unpaired) electrons. The van der Waals surface area contributed by atoms with Gasteiger partial charge in [0.05, 0.1) is 5.54 Å². The molecule has 0 aromatic heterocycles. The fraction of sp³-hybridized carbons (Fsp3) is 0.278. The molecule has 1 aliphatic heterocycles. The largest absolute Gasteiger partial charge is 0.370 e. The van der Waals surface area contributed by atoms with Crippen LogP contribution in [0.5, 0.6) is 0 Å². The Morgan fingerprint density at radius 2 is 1.57 bits per heavy atom. The Morgan fingerprint density at radius 1 is 1.05 bits per heavy atom. The molecule has 3 N–H and O–H groups in total. The first-order valence-corrected chi connectivity index (χ1v) is 7.38. The molecular weight excluding hydrogens is 260 g/mol. The van der Waals surface area contributed by atoms with E-state index in [4.69, 9.17) is 5.73 Å². The molecule has 3 rings (SSSR count). The molecule has 3 nitrogen and oxygen atoms in total. The number of benzene rings is 2. The van der Waals surface area contributed by atoms with Crippen LogP contribution in [0.2, 0.25) is 0 Å². The van der Waals surface area contributed by atoms with Gasteiger partial charge >= 0.3 is 0 Å². The number of amides is 1. The molecule has 108 valence electrons. The Labute approximate surface area is 125 Å². The van der Waals surface area contributed by atoms with Crippen molar-refractivity contribution in [3.8, 4) is 0 Å². The maximum absolute atomic E-state index is 11.5. The lowest BCUT2D eigenvalue weighted by molar-refractivity contribution is -0.119. The highest BCUT2D eigenvalue weighted by Crippen LogP contribution is 2.43. The zero-order valence-corrected chi connectivity index (χ0v) is 12.0. The Hall–Kier alpha value is -2.13. The van der Waals surface area contributed by atoms with Crippen LogP contribution in [-0.4, -0.2) is 12.5 Å². The zero-order chi connectivity index (χ0) is 14.7. The van der Waals surface area contributed by atoms with Gasteiger partial charge in [-0.25, -0.2) is 0 Å². The van der Waals surface area contributed by atoms with Crippen molar-refractivity contribution in [2.45, 2.75) is 18.4 Å².